The van der Waals surface area contributed by atoms with E-state index < -0.39 is 0 Å². The van der Waals surface area contributed by atoms with Crippen molar-refractivity contribution in [2.75, 3.05) is 0 Å². The minimum atomic E-state index is 0. The van der Waals surface area contributed by atoms with Crippen LogP contribution < -0.4 is 18.9 Å². The maximum atomic E-state index is 5.10. The van der Waals surface area contributed by atoms with Crippen molar-refractivity contribution in [2.45, 2.75) is 0 Å². The van der Waals surface area contributed by atoms with E-state index >= 15 is 0 Å². The average molecular weight is 110 g/mol. The second-order valence-electron chi connectivity index (χ2n) is 1.51. The van der Waals surface area contributed by atoms with Gasteiger partial charge in [-0.05, 0) is 12.1 Å². The number of benzene rings is 1. The summed E-state index contributed by atoms with van der Waals surface area (Å²) >= 11 is 0. The summed E-state index contributed by atoms with van der Waals surface area (Å²) in [6, 6.07) is 9.60. The Kier molecular flexibility index (Phi) is 3.98. The fraction of sp³-hybridized carbons (Fsp3) is 0. The number of rotatable bonds is 0. The van der Waals surface area contributed by atoms with Crippen LogP contribution in [0.4, 0.5) is 0 Å². The molecule has 0 amide bonds. The van der Waals surface area contributed by atoms with Gasteiger partial charge in [0, 0.05) is 5.56 Å². The van der Waals surface area contributed by atoms with Crippen LogP contribution in [-0.2, 0) is 0 Å². The maximum absolute atomic E-state index is 5.10. The Morgan fingerprint density at radius 2 is 1.78 bits per heavy atom. The maximum Gasteiger partial charge on any atom is 1.00 e. The summed E-state index contributed by atoms with van der Waals surface area (Å²) < 4.78 is 0. The van der Waals surface area contributed by atoms with Gasteiger partial charge in [-0.25, -0.2) is 0 Å². The molecule has 0 radical (unpaired) electrons. The van der Waals surface area contributed by atoms with Crippen molar-refractivity contribution >= 4 is 0 Å². The second kappa shape index (κ2) is 4.28. The van der Waals surface area contributed by atoms with Gasteiger partial charge in [0.25, 0.3) is 0 Å². The van der Waals surface area contributed by atoms with Gasteiger partial charge in [0.05, 0.1) is 0 Å². The third-order valence-electron chi connectivity index (χ3n) is 0.940. The first-order chi connectivity index (χ1) is 3.93. The molecule has 0 nitrogen and oxygen atoms in total. The summed E-state index contributed by atoms with van der Waals surface area (Å²) in [6.45, 7) is 0. The minimum Gasteiger partial charge on any atom is -1.00 e. The minimum absolute atomic E-state index is 0. The quantitative estimate of drug-likeness (QED) is 0.290. The first-order valence-corrected chi connectivity index (χ1v) is 2.45. The van der Waals surface area contributed by atoms with Crippen molar-refractivity contribution in [1.29, 1.82) is 0 Å². The molecule has 0 N–H and O–H groups in total. The van der Waals surface area contributed by atoms with Crippen molar-refractivity contribution in [3.05, 3.63) is 35.9 Å². The van der Waals surface area contributed by atoms with Crippen LogP contribution in [0, 0.1) is 12.3 Å². The molecular weight excluding hydrogens is 103 g/mol. The zero-order valence-corrected chi connectivity index (χ0v) is 5.46. The average Bonchev–Trinajstić information content (AvgIpc) is 1.90. The van der Waals surface area contributed by atoms with Crippen LogP contribution in [0.1, 0.15) is 6.99 Å². The smallest absolute Gasteiger partial charge is 1.00 e. The molecular formula is C8H7Li. The molecule has 0 atom stereocenters. The molecule has 0 saturated heterocycles. The third-order valence-corrected chi connectivity index (χ3v) is 0.940. The van der Waals surface area contributed by atoms with E-state index in [1.165, 1.54) is 0 Å². The van der Waals surface area contributed by atoms with Gasteiger partial charge in [0.15, 0.2) is 0 Å². The summed E-state index contributed by atoms with van der Waals surface area (Å²) in [5, 5.41) is 0. The van der Waals surface area contributed by atoms with Gasteiger partial charge in [-0.3, -0.25) is 0 Å². The Balaban J connectivity index is 0. The first-order valence-electron chi connectivity index (χ1n) is 2.45. The van der Waals surface area contributed by atoms with Crippen molar-refractivity contribution in [1.82, 2.24) is 0 Å². The van der Waals surface area contributed by atoms with Gasteiger partial charge in [0.1, 0.15) is 0 Å². The van der Waals surface area contributed by atoms with Gasteiger partial charge in [-0.2, -0.15) is 0 Å². The Morgan fingerprint density at radius 1 is 1.22 bits per heavy atom. The van der Waals surface area contributed by atoms with Crippen LogP contribution in [-0.4, -0.2) is 0 Å². The molecule has 9 heavy (non-hydrogen) atoms. The predicted molar refractivity (Wildman–Crippen MR) is 35.5 cm³/mol. The number of hydrogen-bond acceptors (Lipinski definition) is 0. The van der Waals surface area contributed by atoms with Crippen LogP contribution >= 0.6 is 0 Å². The van der Waals surface area contributed by atoms with Crippen LogP contribution in [0.2, 0.25) is 0 Å². The third kappa shape index (κ3) is 2.43. The van der Waals surface area contributed by atoms with Crippen molar-refractivity contribution < 1.29 is 20.3 Å². The summed E-state index contributed by atoms with van der Waals surface area (Å²) in [5.41, 5.74) is 0.938. The Morgan fingerprint density at radius 3 is 2.11 bits per heavy atom. The van der Waals surface area contributed by atoms with Crippen molar-refractivity contribution in [2.24, 2.45) is 0 Å². The summed E-state index contributed by atoms with van der Waals surface area (Å²) in [6.07, 6.45) is 5.10. The Bertz CT molecular complexity index is 200. The van der Waals surface area contributed by atoms with Crippen molar-refractivity contribution in [3.8, 4) is 12.3 Å². The fourth-order valence-electron chi connectivity index (χ4n) is 0.534. The molecule has 1 aromatic carbocycles. The molecule has 1 heteroatoms. The second-order valence-corrected chi connectivity index (χ2v) is 1.51. The molecule has 0 fully saturated rings. The normalized spacial score (nSPS) is 7.00. The monoisotopic (exact) mass is 110 g/mol. The van der Waals surface area contributed by atoms with Gasteiger partial charge in [-0.15, -0.1) is 6.42 Å². The Labute approximate surface area is 68.9 Å². The van der Waals surface area contributed by atoms with E-state index in [0.717, 1.165) is 5.56 Å². The molecule has 1 aromatic rings. The molecule has 0 aliphatic rings. The van der Waals surface area contributed by atoms with E-state index in [1.807, 2.05) is 30.3 Å². The number of hydrogen-bond donors (Lipinski definition) is 0. The summed E-state index contributed by atoms with van der Waals surface area (Å²) in [4.78, 5) is 0. The molecule has 0 heterocycles. The predicted octanol–water partition coefficient (Wildman–Crippen LogP) is -1.22. The standard InChI is InChI=1S/C8H6.Li.H/c1-2-8-6-4-3-5-7-8;;/h1,3-7H;;/q;+1;-1. The fourth-order valence-corrected chi connectivity index (χ4v) is 0.534. The summed E-state index contributed by atoms with van der Waals surface area (Å²) in [5.74, 6) is 2.53. The Hall–Kier alpha value is -0.623. The molecule has 0 aromatic heterocycles. The van der Waals surface area contributed by atoms with E-state index in [2.05, 4.69) is 5.92 Å². The van der Waals surface area contributed by atoms with Gasteiger partial charge < -0.3 is 1.43 Å². The largest absolute Gasteiger partial charge is 1.00 e. The van der Waals surface area contributed by atoms with Crippen LogP contribution in [0.3, 0.4) is 0 Å². The van der Waals surface area contributed by atoms with Crippen molar-refractivity contribution in [3.63, 3.8) is 0 Å². The van der Waals surface area contributed by atoms with Gasteiger partial charge >= 0.3 is 18.9 Å². The molecule has 0 saturated carbocycles. The van der Waals surface area contributed by atoms with Crippen LogP contribution in [0.5, 0.6) is 0 Å². The van der Waals surface area contributed by atoms with Crippen LogP contribution in [0.25, 0.3) is 0 Å². The van der Waals surface area contributed by atoms with E-state index in [0.29, 0.717) is 0 Å². The molecule has 0 unspecified atom stereocenters. The molecule has 1 rings (SSSR count). The first kappa shape index (κ1) is 8.38. The summed E-state index contributed by atoms with van der Waals surface area (Å²) in [7, 11) is 0. The SMILES string of the molecule is C#Cc1ccccc1.[H-].[Li+]. The molecule has 0 bridgehead atoms. The molecule has 0 aliphatic carbocycles. The van der Waals surface area contributed by atoms with Crippen LogP contribution in [0.15, 0.2) is 30.3 Å². The number of terminal acetylenes is 1. The molecule has 40 valence electrons. The van der Waals surface area contributed by atoms with E-state index in [1.54, 1.807) is 0 Å². The van der Waals surface area contributed by atoms with E-state index in [-0.39, 0.29) is 20.3 Å². The topological polar surface area (TPSA) is 0 Å². The van der Waals surface area contributed by atoms with E-state index in [9.17, 15) is 0 Å². The van der Waals surface area contributed by atoms with Gasteiger partial charge in [0.2, 0.25) is 0 Å². The van der Waals surface area contributed by atoms with E-state index in [4.69, 9.17) is 6.42 Å². The zero-order valence-electron chi connectivity index (χ0n) is 6.46. The zero-order chi connectivity index (χ0) is 5.82. The molecule has 0 spiro atoms. The molecule has 0 aliphatic heterocycles. The van der Waals surface area contributed by atoms with Gasteiger partial charge in [-0.1, -0.05) is 24.1 Å².